The molecule has 8 nitrogen and oxygen atoms in total. The number of ether oxygens (including phenoxy) is 1. The first kappa shape index (κ1) is 25.3. The number of aromatic amines is 1. The Morgan fingerprint density at radius 1 is 0.921 bits per heavy atom. The predicted octanol–water partition coefficient (Wildman–Crippen LogP) is 5.48. The maximum Gasteiger partial charge on any atom is 0.328 e. The average molecular weight is 508 g/mol. The third kappa shape index (κ3) is 4.79. The number of rotatable bonds is 8. The van der Waals surface area contributed by atoms with Crippen LogP contribution in [0, 0.1) is 12.8 Å². The fourth-order valence-corrected chi connectivity index (χ4v) is 5.55. The third-order valence-electron chi connectivity index (χ3n) is 7.43. The molecule has 1 fully saturated rings. The first-order valence-corrected chi connectivity index (χ1v) is 12.7. The molecule has 4 aromatic rings. The van der Waals surface area contributed by atoms with E-state index in [0.717, 1.165) is 16.7 Å². The minimum Gasteiger partial charge on any atom is -0.361 e. The van der Waals surface area contributed by atoms with Gasteiger partial charge in [-0.2, -0.15) is 0 Å². The van der Waals surface area contributed by atoms with Gasteiger partial charge in [-0.3, -0.25) is 14.3 Å². The predicted molar refractivity (Wildman–Crippen MR) is 146 cm³/mol. The lowest BCUT2D eigenvalue weighted by Crippen LogP contribution is -2.35. The van der Waals surface area contributed by atoms with Crippen LogP contribution < -0.4 is 11.2 Å². The second kappa shape index (κ2) is 10.9. The zero-order chi connectivity index (χ0) is 26.5. The lowest BCUT2D eigenvalue weighted by atomic mass is 9.80. The van der Waals surface area contributed by atoms with Gasteiger partial charge in [0.05, 0.1) is 6.61 Å². The first-order chi connectivity index (χ1) is 18.5. The molecule has 38 heavy (non-hydrogen) atoms. The van der Waals surface area contributed by atoms with Crippen LogP contribution in [0.3, 0.4) is 0 Å². The Hall–Kier alpha value is -4.39. The van der Waals surface area contributed by atoms with Crippen LogP contribution in [-0.2, 0) is 10.3 Å². The number of hydrogen-bond acceptors (Lipinski definition) is 4. The van der Waals surface area contributed by atoms with E-state index in [1.807, 2.05) is 54.6 Å². The Balaban J connectivity index is 1.54. The Kier molecular flexibility index (Phi) is 7.26. The molecule has 0 amide bonds. The molecule has 1 N–H and O–H groups in total. The van der Waals surface area contributed by atoms with Crippen molar-refractivity contribution in [3.8, 4) is 0 Å². The van der Waals surface area contributed by atoms with Gasteiger partial charge in [0.25, 0.3) is 5.56 Å². The highest BCUT2D eigenvalue weighted by Gasteiger charge is 2.41. The fourth-order valence-electron chi connectivity index (χ4n) is 5.55. The number of azide groups is 1. The second-order valence-electron chi connectivity index (χ2n) is 9.73. The normalized spacial score (nSPS) is 19.1. The quantitative estimate of drug-likeness (QED) is 0.147. The summed E-state index contributed by atoms with van der Waals surface area (Å²) in [5, 5.41) is 4.08. The third-order valence-corrected chi connectivity index (χ3v) is 7.43. The molecular formula is C30H29N5O3. The molecule has 1 aliphatic rings. The summed E-state index contributed by atoms with van der Waals surface area (Å²) < 4.78 is 8.53. The van der Waals surface area contributed by atoms with Crippen LogP contribution in [0.4, 0.5) is 0 Å². The second-order valence-corrected chi connectivity index (χ2v) is 9.73. The molecule has 8 heteroatoms. The lowest BCUT2D eigenvalue weighted by molar-refractivity contribution is -0.01000. The standard InChI is InChI=1S/C30H29N5O3/c1-21-19-35(29(37)32-28(21)36)26-17-22(27(18-26)33-34-31)20-38-30(23-11-5-2-6-12-23,24-13-7-3-8-14-24)25-15-9-4-10-16-25/h2-16,19,22,26-27H,17-18,20H2,1H3,(H,32,36,37)/t22-,26-,27+/m0/s1. The number of aryl methyl sites for hydroxylation is 1. The highest BCUT2D eigenvalue weighted by molar-refractivity contribution is 5.47. The molecule has 3 atom stereocenters. The molecule has 1 saturated carbocycles. The Bertz CT molecular complexity index is 1450. The van der Waals surface area contributed by atoms with Crippen molar-refractivity contribution >= 4 is 0 Å². The number of nitrogens with zero attached hydrogens (tertiary/aromatic N) is 4. The molecule has 1 aliphatic carbocycles. The summed E-state index contributed by atoms with van der Waals surface area (Å²) in [5.41, 5.74) is 11.0. The SMILES string of the molecule is Cc1cn([C@H]2C[C@@H](COC(c3ccccc3)(c3ccccc3)c3ccccc3)[C@H](N=[N+]=[N-])C2)c(=O)[nH]c1=O. The smallest absolute Gasteiger partial charge is 0.328 e. The van der Waals surface area contributed by atoms with Crippen molar-refractivity contribution in [2.24, 2.45) is 11.0 Å². The number of aromatic nitrogens is 2. The van der Waals surface area contributed by atoms with Gasteiger partial charge in [0.1, 0.15) is 5.60 Å². The molecule has 0 aliphatic heterocycles. The van der Waals surface area contributed by atoms with Gasteiger partial charge in [0, 0.05) is 28.8 Å². The molecule has 0 radical (unpaired) electrons. The van der Waals surface area contributed by atoms with Crippen molar-refractivity contribution < 1.29 is 4.74 Å². The van der Waals surface area contributed by atoms with E-state index in [9.17, 15) is 15.1 Å². The van der Waals surface area contributed by atoms with Gasteiger partial charge >= 0.3 is 5.69 Å². The van der Waals surface area contributed by atoms with E-state index < -0.39 is 16.9 Å². The van der Waals surface area contributed by atoms with E-state index in [4.69, 9.17) is 4.74 Å². The molecule has 1 aromatic heterocycles. The monoisotopic (exact) mass is 507 g/mol. The van der Waals surface area contributed by atoms with Gasteiger partial charge in [-0.1, -0.05) is 96.1 Å². The zero-order valence-corrected chi connectivity index (χ0v) is 21.1. The summed E-state index contributed by atoms with van der Waals surface area (Å²) >= 11 is 0. The molecule has 0 saturated heterocycles. The number of H-pyrrole nitrogens is 1. The Morgan fingerprint density at radius 2 is 1.45 bits per heavy atom. The molecule has 192 valence electrons. The van der Waals surface area contributed by atoms with Crippen molar-refractivity contribution in [3.63, 3.8) is 0 Å². The Morgan fingerprint density at radius 3 is 1.95 bits per heavy atom. The summed E-state index contributed by atoms with van der Waals surface area (Å²) in [6, 6.07) is 29.7. The first-order valence-electron chi connectivity index (χ1n) is 12.7. The summed E-state index contributed by atoms with van der Waals surface area (Å²) in [6.45, 7) is 1.97. The van der Waals surface area contributed by atoms with Crippen LogP contribution in [0.2, 0.25) is 0 Å². The van der Waals surface area contributed by atoms with Crippen molar-refractivity contribution in [1.82, 2.24) is 9.55 Å². The number of nitrogens with one attached hydrogen (secondary N) is 1. The Labute approximate surface area is 220 Å². The maximum atomic E-state index is 12.6. The molecule has 5 rings (SSSR count). The number of benzene rings is 3. The van der Waals surface area contributed by atoms with Crippen LogP contribution in [0.25, 0.3) is 10.4 Å². The van der Waals surface area contributed by atoms with Gasteiger partial charge in [0.15, 0.2) is 0 Å². The van der Waals surface area contributed by atoms with Gasteiger partial charge in [-0.05, 0) is 47.9 Å². The molecule has 0 unspecified atom stereocenters. The summed E-state index contributed by atoms with van der Waals surface area (Å²) in [4.78, 5) is 30.0. The van der Waals surface area contributed by atoms with E-state index in [2.05, 4.69) is 51.4 Å². The van der Waals surface area contributed by atoms with Gasteiger partial charge < -0.3 is 4.74 Å². The summed E-state index contributed by atoms with van der Waals surface area (Å²) in [5.74, 6) is -0.134. The summed E-state index contributed by atoms with van der Waals surface area (Å²) in [6.07, 6.45) is 2.65. The minimum atomic E-state index is -0.895. The molecular weight excluding hydrogens is 478 g/mol. The fraction of sp³-hybridized carbons (Fsp3) is 0.267. The van der Waals surface area contributed by atoms with Crippen LogP contribution in [0.15, 0.2) is 112 Å². The molecule has 3 aromatic carbocycles. The maximum absolute atomic E-state index is 12.6. The van der Waals surface area contributed by atoms with E-state index >= 15 is 0 Å². The van der Waals surface area contributed by atoms with Crippen LogP contribution >= 0.6 is 0 Å². The highest BCUT2D eigenvalue weighted by Crippen LogP contribution is 2.43. The van der Waals surface area contributed by atoms with Crippen LogP contribution in [-0.4, -0.2) is 22.2 Å². The largest absolute Gasteiger partial charge is 0.361 e. The minimum absolute atomic E-state index is 0.134. The highest BCUT2D eigenvalue weighted by atomic mass is 16.5. The van der Waals surface area contributed by atoms with Crippen LogP contribution in [0.5, 0.6) is 0 Å². The van der Waals surface area contributed by atoms with E-state index in [1.54, 1.807) is 17.7 Å². The molecule has 1 heterocycles. The van der Waals surface area contributed by atoms with Crippen molar-refractivity contribution in [3.05, 3.63) is 151 Å². The molecule has 0 bridgehead atoms. The van der Waals surface area contributed by atoms with E-state index in [-0.39, 0.29) is 18.0 Å². The lowest BCUT2D eigenvalue weighted by Gasteiger charge is -2.37. The van der Waals surface area contributed by atoms with Gasteiger partial charge in [-0.15, -0.1) is 0 Å². The van der Waals surface area contributed by atoms with E-state index in [0.29, 0.717) is 25.0 Å². The van der Waals surface area contributed by atoms with Crippen molar-refractivity contribution in [1.29, 1.82) is 0 Å². The van der Waals surface area contributed by atoms with E-state index in [1.165, 1.54) is 0 Å². The van der Waals surface area contributed by atoms with Gasteiger partial charge in [0.2, 0.25) is 0 Å². The average Bonchev–Trinajstić information content (AvgIpc) is 3.35. The van der Waals surface area contributed by atoms with Crippen molar-refractivity contribution in [2.45, 2.75) is 37.5 Å². The zero-order valence-electron chi connectivity index (χ0n) is 21.1. The van der Waals surface area contributed by atoms with Crippen molar-refractivity contribution in [2.75, 3.05) is 6.61 Å². The topological polar surface area (TPSA) is 113 Å². The van der Waals surface area contributed by atoms with Gasteiger partial charge in [-0.25, -0.2) is 4.79 Å². The van der Waals surface area contributed by atoms with Crippen LogP contribution in [0.1, 0.15) is 41.1 Å². The molecule has 0 spiro atoms. The number of hydrogen-bond donors (Lipinski definition) is 1. The summed E-state index contributed by atoms with van der Waals surface area (Å²) in [7, 11) is 0.